The first-order valence-corrected chi connectivity index (χ1v) is 8.92. The number of aryl methyl sites for hydroxylation is 1. The van der Waals surface area contributed by atoms with Gasteiger partial charge in [0.05, 0.1) is 18.2 Å². The van der Waals surface area contributed by atoms with Crippen LogP contribution in [0.2, 0.25) is 0 Å². The summed E-state index contributed by atoms with van der Waals surface area (Å²) in [5.74, 6) is 0.790. The Bertz CT molecular complexity index is 982. The molecule has 26 heavy (non-hydrogen) atoms. The van der Waals surface area contributed by atoms with E-state index in [1.165, 1.54) is 0 Å². The molecule has 0 atom stereocenters. The molecule has 0 fully saturated rings. The first kappa shape index (κ1) is 17.8. The molecule has 3 aromatic rings. The van der Waals surface area contributed by atoms with Gasteiger partial charge in [-0.05, 0) is 69.0 Å². The first-order valence-electron chi connectivity index (χ1n) is 8.92. The summed E-state index contributed by atoms with van der Waals surface area (Å²) >= 11 is 0. The summed E-state index contributed by atoms with van der Waals surface area (Å²) in [6.07, 6.45) is 3.86. The zero-order valence-corrected chi connectivity index (χ0v) is 14.9. The minimum Gasteiger partial charge on any atom is -0.494 e. The maximum Gasteiger partial charge on any atom is 0.192 e. The van der Waals surface area contributed by atoms with E-state index in [1.54, 1.807) is 12.1 Å². The molecule has 4 heteroatoms. The van der Waals surface area contributed by atoms with Crippen LogP contribution in [0, 0.1) is 18.3 Å². The van der Waals surface area contributed by atoms with Crippen LogP contribution in [0.3, 0.4) is 0 Å². The van der Waals surface area contributed by atoms with Crippen LogP contribution in [0.25, 0.3) is 10.9 Å². The van der Waals surface area contributed by atoms with Gasteiger partial charge in [0.15, 0.2) is 5.43 Å². The summed E-state index contributed by atoms with van der Waals surface area (Å²) in [6, 6.07) is 16.9. The Hall–Kier alpha value is -3.06. The van der Waals surface area contributed by atoms with E-state index >= 15 is 0 Å². The Morgan fingerprint density at radius 3 is 2.58 bits per heavy atom. The number of nitriles is 1. The van der Waals surface area contributed by atoms with Gasteiger partial charge in [0, 0.05) is 22.2 Å². The third-order valence-corrected chi connectivity index (χ3v) is 4.57. The van der Waals surface area contributed by atoms with Crippen molar-refractivity contribution in [3.63, 3.8) is 0 Å². The second kappa shape index (κ2) is 8.35. The molecule has 0 aliphatic heterocycles. The average Bonchev–Trinajstić information content (AvgIpc) is 2.68. The van der Waals surface area contributed by atoms with Crippen molar-refractivity contribution in [1.29, 1.82) is 5.26 Å². The minimum atomic E-state index is 0.124. The molecule has 1 heterocycles. The number of aromatic nitrogens is 1. The lowest BCUT2D eigenvalue weighted by molar-refractivity contribution is 0.305. The highest BCUT2D eigenvalue weighted by atomic mass is 16.5. The lowest BCUT2D eigenvalue weighted by Crippen LogP contribution is -2.11. The van der Waals surface area contributed by atoms with E-state index in [1.807, 2.05) is 43.3 Å². The molecule has 4 nitrogen and oxygen atoms in total. The number of benzene rings is 2. The number of nitrogens with one attached hydrogen (secondary N) is 1. The highest BCUT2D eigenvalue weighted by Gasteiger charge is 2.07. The molecule has 132 valence electrons. The van der Waals surface area contributed by atoms with E-state index in [9.17, 15) is 4.79 Å². The van der Waals surface area contributed by atoms with Crippen molar-refractivity contribution in [3.8, 4) is 11.8 Å². The summed E-state index contributed by atoms with van der Waals surface area (Å²) in [5, 5.41) is 9.53. The molecule has 0 saturated carbocycles. The number of H-pyrrole nitrogens is 1. The molecular weight excluding hydrogens is 324 g/mol. The molecule has 0 aliphatic carbocycles. The monoisotopic (exact) mass is 346 g/mol. The Balaban J connectivity index is 1.48. The van der Waals surface area contributed by atoms with Crippen molar-refractivity contribution >= 4 is 10.9 Å². The van der Waals surface area contributed by atoms with Gasteiger partial charge in [-0.1, -0.05) is 12.1 Å². The third kappa shape index (κ3) is 4.12. The van der Waals surface area contributed by atoms with Gasteiger partial charge in [0.1, 0.15) is 5.75 Å². The third-order valence-electron chi connectivity index (χ3n) is 4.57. The smallest absolute Gasteiger partial charge is 0.192 e. The largest absolute Gasteiger partial charge is 0.494 e. The molecule has 0 unspecified atom stereocenters. The van der Waals surface area contributed by atoms with Crippen molar-refractivity contribution < 1.29 is 4.74 Å². The molecule has 0 spiro atoms. The van der Waals surface area contributed by atoms with Gasteiger partial charge < -0.3 is 9.72 Å². The van der Waals surface area contributed by atoms with E-state index in [2.05, 4.69) is 11.1 Å². The normalized spacial score (nSPS) is 10.6. The van der Waals surface area contributed by atoms with Gasteiger partial charge in [-0.15, -0.1) is 0 Å². The van der Waals surface area contributed by atoms with E-state index in [4.69, 9.17) is 10.00 Å². The number of para-hydroxylation sites is 1. The van der Waals surface area contributed by atoms with Crippen LogP contribution in [0.5, 0.6) is 5.75 Å². The molecule has 0 aliphatic rings. The Morgan fingerprint density at radius 2 is 1.81 bits per heavy atom. The number of aromatic amines is 1. The Kier molecular flexibility index (Phi) is 5.70. The molecule has 0 saturated heterocycles. The molecule has 0 bridgehead atoms. The van der Waals surface area contributed by atoms with Crippen LogP contribution in [0.4, 0.5) is 0 Å². The molecular formula is C22H22N2O2. The second-order valence-corrected chi connectivity index (χ2v) is 6.40. The fourth-order valence-electron chi connectivity index (χ4n) is 3.03. The minimum absolute atomic E-state index is 0.124. The van der Waals surface area contributed by atoms with Gasteiger partial charge in [-0.3, -0.25) is 4.79 Å². The molecule has 1 aromatic heterocycles. The topological polar surface area (TPSA) is 65.9 Å². The van der Waals surface area contributed by atoms with Crippen molar-refractivity contribution in [3.05, 3.63) is 75.6 Å². The van der Waals surface area contributed by atoms with Gasteiger partial charge in [-0.2, -0.15) is 5.26 Å². The second-order valence-electron chi connectivity index (χ2n) is 6.40. The summed E-state index contributed by atoms with van der Waals surface area (Å²) in [7, 11) is 0. The number of fused-ring (bicyclic) bond motifs is 1. The number of pyridine rings is 1. The number of nitrogens with zero attached hydrogens (tertiary/aromatic N) is 1. The number of hydrogen-bond acceptors (Lipinski definition) is 3. The van der Waals surface area contributed by atoms with Crippen LogP contribution in [-0.2, 0) is 6.42 Å². The van der Waals surface area contributed by atoms with Gasteiger partial charge in [-0.25, -0.2) is 0 Å². The predicted octanol–water partition coefficient (Wildman–Crippen LogP) is 4.50. The standard InChI is InChI=1S/C22H22N2O2/c1-16-20(24-21-9-5-4-7-19(21)22(16)25)8-3-2-6-14-26-18-12-10-17(15-23)11-13-18/h4-5,7,9-13H,2-3,6,8,14H2,1H3,(H,24,25). The quantitative estimate of drug-likeness (QED) is 0.641. The highest BCUT2D eigenvalue weighted by Crippen LogP contribution is 2.15. The van der Waals surface area contributed by atoms with Crippen LogP contribution in [0.15, 0.2) is 53.3 Å². The molecule has 3 rings (SSSR count). The number of rotatable bonds is 7. The van der Waals surface area contributed by atoms with Crippen molar-refractivity contribution in [2.24, 2.45) is 0 Å². The van der Waals surface area contributed by atoms with Crippen LogP contribution in [0.1, 0.15) is 36.1 Å². The lowest BCUT2D eigenvalue weighted by Gasteiger charge is -2.09. The predicted molar refractivity (Wildman–Crippen MR) is 104 cm³/mol. The maximum atomic E-state index is 12.4. The Morgan fingerprint density at radius 1 is 1.04 bits per heavy atom. The molecule has 2 aromatic carbocycles. The van der Waals surface area contributed by atoms with Crippen LogP contribution in [-0.4, -0.2) is 11.6 Å². The van der Waals surface area contributed by atoms with Gasteiger partial charge in [0.2, 0.25) is 0 Å². The Labute approximate surface area is 153 Å². The summed E-state index contributed by atoms with van der Waals surface area (Å²) < 4.78 is 5.69. The van der Waals surface area contributed by atoms with Crippen molar-refractivity contribution in [1.82, 2.24) is 4.98 Å². The van der Waals surface area contributed by atoms with Crippen LogP contribution < -0.4 is 10.2 Å². The first-order chi connectivity index (χ1) is 12.7. The van der Waals surface area contributed by atoms with Gasteiger partial charge in [0.25, 0.3) is 0 Å². The van der Waals surface area contributed by atoms with Crippen molar-refractivity contribution in [2.45, 2.75) is 32.6 Å². The number of hydrogen-bond donors (Lipinski definition) is 1. The van der Waals surface area contributed by atoms with E-state index in [0.29, 0.717) is 12.2 Å². The van der Waals surface area contributed by atoms with Gasteiger partial charge >= 0.3 is 0 Å². The summed E-state index contributed by atoms with van der Waals surface area (Å²) in [6.45, 7) is 2.55. The maximum absolute atomic E-state index is 12.4. The fraction of sp³-hybridized carbons (Fsp3) is 0.273. The molecule has 1 N–H and O–H groups in total. The molecule has 0 radical (unpaired) electrons. The SMILES string of the molecule is Cc1c(CCCCCOc2ccc(C#N)cc2)[nH]c2ccccc2c1=O. The zero-order valence-electron chi connectivity index (χ0n) is 14.9. The van der Waals surface area contributed by atoms with E-state index < -0.39 is 0 Å². The highest BCUT2D eigenvalue weighted by molar-refractivity contribution is 5.79. The van der Waals surface area contributed by atoms with Crippen molar-refractivity contribution in [2.75, 3.05) is 6.61 Å². The number of unbranched alkanes of at least 4 members (excludes halogenated alkanes) is 2. The fourth-order valence-corrected chi connectivity index (χ4v) is 3.03. The van der Waals surface area contributed by atoms with E-state index in [0.717, 1.165) is 53.6 Å². The average molecular weight is 346 g/mol. The molecule has 0 amide bonds. The summed E-state index contributed by atoms with van der Waals surface area (Å²) in [5.41, 5.74) is 3.51. The van der Waals surface area contributed by atoms with Crippen LogP contribution >= 0.6 is 0 Å². The zero-order chi connectivity index (χ0) is 18.4. The lowest BCUT2D eigenvalue weighted by atomic mass is 10.0. The number of ether oxygens (including phenoxy) is 1. The van der Waals surface area contributed by atoms with E-state index in [-0.39, 0.29) is 5.43 Å². The summed E-state index contributed by atoms with van der Waals surface area (Å²) in [4.78, 5) is 15.8.